The van der Waals surface area contributed by atoms with Gasteiger partial charge >= 0.3 is 0 Å². The van der Waals surface area contributed by atoms with Gasteiger partial charge in [-0.05, 0) is 24.6 Å². The lowest BCUT2D eigenvalue weighted by atomic mass is 10.2. The van der Waals surface area contributed by atoms with E-state index in [9.17, 15) is 5.11 Å². The predicted octanol–water partition coefficient (Wildman–Crippen LogP) is 1.41. The number of ether oxygens (including phenoxy) is 3. The molecule has 4 rings (SSSR count). The lowest BCUT2D eigenvalue weighted by molar-refractivity contribution is 0.000351. The molecule has 3 heterocycles. The van der Waals surface area contributed by atoms with Gasteiger partial charge in [-0.1, -0.05) is 11.2 Å². The van der Waals surface area contributed by atoms with E-state index in [0.29, 0.717) is 19.8 Å². The Balaban J connectivity index is 1.13. The molecular formula is C20H27N3O5. The molecular weight excluding hydrogens is 362 g/mol. The highest BCUT2D eigenvalue weighted by Gasteiger charge is 2.20. The van der Waals surface area contributed by atoms with Crippen LogP contribution in [-0.4, -0.2) is 72.3 Å². The zero-order chi connectivity index (χ0) is 19.3. The van der Waals surface area contributed by atoms with Crippen molar-refractivity contribution in [2.24, 2.45) is 0 Å². The van der Waals surface area contributed by atoms with Crippen LogP contribution in [0.4, 0.5) is 0 Å². The zero-order valence-electron chi connectivity index (χ0n) is 16.2. The molecule has 0 aliphatic carbocycles. The number of aliphatic hydroxyl groups is 1. The van der Waals surface area contributed by atoms with Gasteiger partial charge in [0.25, 0.3) is 0 Å². The average molecular weight is 389 g/mol. The molecule has 0 spiro atoms. The number of rotatable bonds is 8. The minimum Gasteiger partial charge on any atom is -0.454 e. The summed E-state index contributed by atoms with van der Waals surface area (Å²) in [5, 5.41) is 14.2. The molecule has 2 aliphatic rings. The topological polar surface area (TPSA) is 80.4 Å². The van der Waals surface area contributed by atoms with Crippen LogP contribution in [0.1, 0.15) is 17.0 Å². The molecule has 0 amide bonds. The number of aliphatic hydroxyl groups excluding tert-OH is 1. The van der Waals surface area contributed by atoms with Crippen LogP contribution in [0.15, 0.2) is 28.8 Å². The molecule has 0 radical (unpaired) electrons. The van der Waals surface area contributed by atoms with Gasteiger partial charge in [-0.25, -0.2) is 0 Å². The number of hydrogen-bond acceptors (Lipinski definition) is 8. The van der Waals surface area contributed by atoms with E-state index in [1.807, 2.05) is 31.2 Å². The lowest BCUT2D eigenvalue weighted by Crippen LogP contribution is -2.48. The van der Waals surface area contributed by atoms with Crippen molar-refractivity contribution in [2.45, 2.75) is 26.2 Å². The third kappa shape index (κ3) is 5.02. The summed E-state index contributed by atoms with van der Waals surface area (Å²) in [4.78, 5) is 4.62. The fourth-order valence-electron chi connectivity index (χ4n) is 3.54. The first kappa shape index (κ1) is 19.2. The van der Waals surface area contributed by atoms with Crippen LogP contribution in [0.2, 0.25) is 0 Å². The number of nitrogens with zero attached hydrogens (tertiary/aromatic N) is 3. The summed E-state index contributed by atoms with van der Waals surface area (Å²) in [7, 11) is 0. The Labute approximate surface area is 164 Å². The summed E-state index contributed by atoms with van der Waals surface area (Å²) < 4.78 is 21.6. The molecule has 1 saturated heterocycles. The van der Waals surface area contributed by atoms with Gasteiger partial charge in [0.05, 0.1) is 31.6 Å². The maximum absolute atomic E-state index is 10.3. The Bertz CT molecular complexity index is 773. The van der Waals surface area contributed by atoms with Crippen LogP contribution >= 0.6 is 0 Å². The molecule has 0 bridgehead atoms. The molecule has 152 valence electrons. The van der Waals surface area contributed by atoms with Crippen molar-refractivity contribution in [3.05, 3.63) is 41.3 Å². The maximum atomic E-state index is 10.3. The van der Waals surface area contributed by atoms with E-state index in [0.717, 1.165) is 61.2 Å². The van der Waals surface area contributed by atoms with Gasteiger partial charge in [0.15, 0.2) is 17.3 Å². The third-order valence-corrected chi connectivity index (χ3v) is 5.01. The summed E-state index contributed by atoms with van der Waals surface area (Å²) in [6.07, 6.45) is -0.502. The number of piperazine rings is 1. The smallest absolute Gasteiger partial charge is 0.231 e. The standard InChI is InChI=1S/C20H27N3O5/c1-15-8-18(28-21-15)11-23-6-4-22(5-7-23)10-17(24)13-25-12-16-2-3-19-20(9-16)27-14-26-19/h2-3,8-9,17,24H,4-7,10-14H2,1H3/t17-/m1/s1. The fraction of sp³-hybridized carbons (Fsp3) is 0.550. The highest BCUT2D eigenvalue weighted by atomic mass is 16.7. The average Bonchev–Trinajstić information content (AvgIpc) is 3.31. The predicted molar refractivity (Wildman–Crippen MR) is 101 cm³/mol. The summed E-state index contributed by atoms with van der Waals surface area (Å²) in [6, 6.07) is 7.74. The van der Waals surface area contributed by atoms with Crippen LogP contribution in [0.3, 0.4) is 0 Å². The Kier molecular flexibility index (Phi) is 6.11. The van der Waals surface area contributed by atoms with Gasteiger partial charge in [-0.15, -0.1) is 0 Å². The highest BCUT2D eigenvalue weighted by Crippen LogP contribution is 2.32. The van der Waals surface area contributed by atoms with E-state index in [1.54, 1.807) is 0 Å². The number of β-amino-alcohol motifs (C(OH)–C–C–N with tert-alkyl or cyclic N) is 1. The second-order valence-electron chi connectivity index (χ2n) is 7.37. The molecule has 1 aromatic carbocycles. The first-order chi connectivity index (χ1) is 13.7. The van der Waals surface area contributed by atoms with E-state index >= 15 is 0 Å². The largest absolute Gasteiger partial charge is 0.454 e. The summed E-state index contributed by atoms with van der Waals surface area (Å²) in [6.45, 7) is 8.11. The minimum atomic E-state index is -0.502. The van der Waals surface area contributed by atoms with Crippen LogP contribution in [0, 0.1) is 6.92 Å². The van der Waals surface area contributed by atoms with Crippen LogP contribution < -0.4 is 9.47 Å². The van der Waals surface area contributed by atoms with Gasteiger partial charge < -0.3 is 23.8 Å². The first-order valence-corrected chi connectivity index (χ1v) is 9.67. The van der Waals surface area contributed by atoms with E-state index < -0.39 is 6.10 Å². The molecule has 2 aliphatic heterocycles. The summed E-state index contributed by atoms with van der Waals surface area (Å²) >= 11 is 0. The third-order valence-electron chi connectivity index (χ3n) is 5.01. The molecule has 1 N–H and O–H groups in total. The number of fused-ring (bicyclic) bond motifs is 1. The van der Waals surface area contributed by atoms with Gasteiger partial charge in [0.1, 0.15) is 0 Å². The summed E-state index contributed by atoms with van der Waals surface area (Å²) in [5.41, 5.74) is 1.92. The Hall–Kier alpha value is -2.13. The van der Waals surface area contributed by atoms with Crippen molar-refractivity contribution in [3.63, 3.8) is 0 Å². The maximum Gasteiger partial charge on any atom is 0.231 e. The Morgan fingerprint density at radius 2 is 1.89 bits per heavy atom. The van der Waals surface area contributed by atoms with Crippen LogP contribution in [0.5, 0.6) is 11.5 Å². The zero-order valence-corrected chi connectivity index (χ0v) is 16.2. The molecule has 2 aromatic rings. The Morgan fingerprint density at radius 3 is 2.68 bits per heavy atom. The van der Waals surface area contributed by atoms with Crippen molar-refractivity contribution in [3.8, 4) is 11.5 Å². The van der Waals surface area contributed by atoms with Gasteiger partial charge in [-0.3, -0.25) is 9.80 Å². The van der Waals surface area contributed by atoms with Gasteiger partial charge in [0, 0.05) is 38.8 Å². The molecule has 0 unspecified atom stereocenters. The number of hydrogen-bond donors (Lipinski definition) is 1. The number of aryl methyl sites for hydroxylation is 1. The second kappa shape index (κ2) is 8.91. The minimum absolute atomic E-state index is 0.268. The monoisotopic (exact) mass is 389 g/mol. The van der Waals surface area contributed by atoms with E-state index in [1.165, 1.54) is 0 Å². The van der Waals surface area contributed by atoms with Crippen molar-refractivity contribution >= 4 is 0 Å². The second-order valence-corrected chi connectivity index (χ2v) is 7.37. The van der Waals surface area contributed by atoms with E-state index in [4.69, 9.17) is 18.7 Å². The molecule has 0 saturated carbocycles. The molecule has 8 heteroatoms. The quantitative estimate of drug-likeness (QED) is 0.726. The lowest BCUT2D eigenvalue weighted by Gasteiger charge is -2.35. The van der Waals surface area contributed by atoms with E-state index in [-0.39, 0.29) is 6.79 Å². The molecule has 28 heavy (non-hydrogen) atoms. The van der Waals surface area contributed by atoms with Crippen LogP contribution in [-0.2, 0) is 17.9 Å². The van der Waals surface area contributed by atoms with Crippen LogP contribution in [0.25, 0.3) is 0 Å². The molecule has 1 fully saturated rings. The number of aromatic nitrogens is 1. The molecule has 8 nitrogen and oxygen atoms in total. The summed E-state index contributed by atoms with van der Waals surface area (Å²) in [5.74, 6) is 2.42. The van der Waals surface area contributed by atoms with Crippen molar-refractivity contribution in [1.29, 1.82) is 0 Å². The first-order valence-electron chi connectivity index (χ1n) is 9.67. The van der Waals surface area contributed by atoms with Crippen molar-refractivity contribution in [1.82, 2.24) is 15.0 Å². The van der Waals surface area contributed by atoms with Gasteiger partial charge in [-0.2, -0.15) is 0 Å². The number of benzene rings is 1. The SMILES string of the molecule is Cc1cc(CN2CCN(C[C@@H](O)COCc3ccc4c(c3)OCO4)CC2)on1. The van der Waals surface area contributed by atoms with Crippen molar-refractivity contribution in [2.75, 3.05) is 46.1 Å². The van der Waals surface area contributed by atoms with Crippen molar-refractivity contribution < 1.29 is 23.8 Å². The fourth-order valence-corrected chi connectivity index (χ4v) is 3.54. The highest BCUT2D eigenvalue weighted by molar-refractivity contribution is 5.44. The van der Waals surface area contributed by atoms with E-state index in [2.05, 4.69) is 15.0 Å². The normalized spacial score (nSPS) is 18.5. The molecule has 1 aromatic heterocycles. The Morgan fingerprint density at radius 1 is 1.11 bits per heavy atom. The molecule has 1 atom stereocenters. The van der Waals surface area contributed by atoms with Gasteiger partial charge in [0.2, 0.25) is 6.79 Å².